The average Bonchev–Trinajstić information content (AvgIpc) is 2.99. The van der Waals surface area contributed by atoms with Gasteiger partial charge in [0.25, 0.3) is 10.9 Å². The van der Waals surface area contributed by atoms with Crippen molar-refractivity contribution in [1.82, 2.24) is 5.32 Å². The predicted octanol–water partition coefficient (Wildman–Crippen LogP) is 4.16. The maximum Gasteiger partial charge on any atom is 0.286 e. The Morgan fingerprint density at radius 2 is 1.85 bits per heavy atom. The maximum absolute atomic E-state index is 12.1. The lowest BCUT2D eigenvalue weighted by atomic mass is 9.80. The van der Waals surface area contributed by atoms with Crippen LogP contribution in [0.4, 0.5) is 10.5 Å². The lowest BCUT2D eigenvalue weighted by molar-refractivity contribution is -0.384. The first-order valence-electron chi connectivity index (χ1n) is 8.58. The van der Waals surface area contributed by atoms with E-state index in [0.717, 1.165) is 42.2 Å². The number of non-ortho nitro benzene ring substituents is 1. The highest BCUT2D eigenvalue weighted by Crippen LogP contribution is 2.42. The van der Waals surface area contributed by atoms with Crippen LogP contribution in [0, 0.1) is 10.1 Å². The van der Waals surface area contributed by atoms with Crippen molar-refractivity contribution >= 4 is 28.6 Å². The summed E-state index contributed by atoms with van der Waals surface area (Å²) in [4.78, 5) is 33.8. The zero-order valence-electron chi connectivity index (χ0n) is 14.2. The third-order valence-corrected chi connectivity index (χ3v) is 5.95. The number of hydrogen-bond acceptors (Lipinski definition) is 6. The van der Waals surface area contributed by atoms with Crippen LogP contribution in [0.5, 0.6) is 11.5 Å². The van der Waals surface area contributed by atoms with Gasteiger partial charge in [0.2, 0.25) is 5.91 Å². The quantitative estimate of drug-likeness (QED) is 0.628. The molecule has 0 spiro atoms. The van der Waals surface area contributed by atoms with E-state index in [2.05, 4.69) is 5.32 Å². The van der Waals surface area contributed by atoms with Crippen LogP contribution in [0.15, 0.2) is 42.5 Å². The topological polar surface area (TPSA) is 98.5 Å². The Balaban J connectivity index is 1.55. The number of benzene rings is 2. The van der Waals surface area contributed by atoms with Crippen LogP contribution in [-0.2, 0) is 11.2 Å². The highest BCUT2D eigenvalue weighted by atomic mass is 32.2. The Bertz CT molecular complexity index is 928. The van der Waals surface area contributed by atoms with Crippen LogP contribution in [0.3, 0.4) is 0 Å². The Kier molecular flexibility index (Phi) is 4.57. The van der Waals surface area contributed by atoms with E-state index in [-0.39, 0.29) is 28.0 Å². The van der Waals surface area contributed by atoms with Gasteiger partial charge in [-0.25, -0.2) is 0 Å². The van der Waals surface area contributed by atoms with Crippen LogP contribution >= 0.6 is 11.8 Å². The number of rotatable bonds is 4. The molecule has 2 aromatic carbocycles. The van der Waals surface area contributed by atoms with Crippen LogP contribution in [-0.4, -0.2) is 21.3 Å². The fraction of sp³-hybridized carbons (Fsp3) is 0.263. The molecule has 1 N–H and O–H groups in total. The molecule has 2 aliphatic rings. The normalized spacial score (nSPS) is 21.5. The van der Waals surface area contributed by atoms with Crippen LogP contribution in [0.25, 0.3) is 0 Å². The zero-order chi connectivity index (χ0) is 19.0. The fourth-order valence-electron chi connectivity index (χ4n) is 3.61. The van der Waals surface area contributed by atoms with Gasteiger partial charge in [-0.05, 0) is 54.7 Å². The summed E-state index contributed by atoms with van der Waals surface area (Å²) < 4.78 is 5.82. The van der Waals surface area contributed by atoms with Gasteiger partial charge >= 0.3 is 0 Å². The number of carbonyl (C=O) groups excluding carboxylic acids is 2. The molecule has 138 valence electrons. The minimum atomic E-state index is -0.454. The summed E-state index contributed by atoms with van der Waals surface area (Å²) in [6, 6.07) is 11.7. The molecule has 1 saturated heterocycles. The molecule has 2 amide bonds. The number of nitrogens with one attached hydrogen (secondary N) is 1. The van der Waals surface area contributed by atoms with Gasteiger partial charge in [0.1, 0.15) is 16.7 Å². The fourth-order valence-corrected chi connectivity index (χ4v) is 4.62. The lowest BCUT2D eigenvalue weighted by Gasteiger charge is -2.28. The molecule has 8 heteroatoms. The summed E-state index contributed by atoms with van der Waals surface area (Å²) in [5, 5.41) is 12.4. The first-order chi connectivity index (χ1) is 13.0. The third kappa shape index (κ3) is 3.52. The Labute approximate surface area is 159 Å². The van der Waals surface area contributed by atoms with E-state index in [1.807, 2.05) is 18.2 Å². The number of carbonyl (C=O) groups is 2. The number of nitro benzene ring substituents is 1. The minimum absolute atomic E-state index is 0.0116. The molecule has 1 heterocycles. The van der Waals surface area contributed by atoms with Gasteiger partial charge < -0.3 is 4.74 Å². The van der Waals surface area contributed by atoms with Crippen LogP contribution in [0.1, 0.15) is 29.9 Å². The van der Waals surface area contributed by atoms with E-state index in [0.29, 0.717) is 11.5 Å². The van der Waals surface area contributed by atoms with Gasteiger partial charge in [-0.15, -0.1) is 0 Å². The molecule has 1 fully saturated rings. The molecule has 4 rings (SSSR count). The third-order valence-electron chi connectivity index (χ3n) is 4.84. The van der Waals surface area contributed by atoms with Crippen molar-refractivity contribution in [2.24, 2.45) is 0 Å². The average molecular weight is 384 g/mol. The van der Waals surface area contributed by atoms with E-state index >= 15 is 0 Å². The van der Waals surface area contributed by atoms with Gasteiger partial charge in [0, 0.05) is 18.1 Å². The molecule has 27 heavy (non-hydrogen) atoms. The number of aryl methyl sites for hydroxylation is 1. The van der Waals surface area contributed by atoms with E-state index in [1.54, 1.807) is 12.1 Å². The van der Waals surface area contributed by atoms with Crippen LogP contribution in [0.2, 0.25) is 0 Å². The predicted molar refractivity (Wildman–Crippen MR) is 100 cm³/mol. The number of ether oxygens (including phenoxy) is 1. The number of amides is 2. The summed E-state index contributed by atoms with van der Waals surface area (Å²) in [7, 11) is 0. The molecule has 0 saturated carbocycles. The van der Waals surface area contributed by atoms with Crippen molar-refractivity contribution in [3.63, 3.8) is 0 Å². The van der Waals surface area contributed by atoms with Gasteiger partial charge in [0.15, 0.2) is 0 Å². The Morgan fingerprint density at radius 3 is 2.52 bits per heavy atom. The second-order valence-corrected chi connectivity index (χ2v) is 7.64. The van der Waals surface area contributed by atoms with E-state index in [4.69, 9.17) is 4.74 Å². The summed E-state index contributed by atoms with van der Waals surface area (Å²) >= 11 is 1.07. The Morgan fingerprint density at radius 1 is 1.11 bits per heavy atom. The van der Waals surface area contributed by atoms with E-state index < -0.39 is 4.92 Å². The molecule has 2 atom stereocenters. The molecule has 0 radical (unpaired) electrons. The summed E-state index contributed by atoms with van der Waals surface area (Å²) in [6.07, 6.45) is 2.70. The highest BCUT2D eigenvalue weighted by Gasteiger charge is 2.40. The van der Waals surface area contributed by atoms with Gasteiger partial charge in [0.05, 0.1) is 4.92 Å². The summed E-state index contributed by atoms with van der Waals surface area (Å²) in [5.74, 6) is 0.958. The molecule has 1 unspecified atom stereocenters. The standard InChI is InChI=1S/C19H16N2O5S/c22-18-17(27-19(23)20-18)16-3-1-2-11-10-14(8-9-15(11)16)26-13-6-4-12(5-7-13)21(24)25/h4-10,16-17H,1-3H2,(H,20,22,23)/t16-,17?/m1/s1. The van der Waals surface area contributed by atoms with Crippen LogP contribution < -0.4 is 10.1 Å². The number of imide groups is 1. The number of nitro groups is 1. The summed E-state index contributed by atoms with van der Waals surface area (Å²) in [6.45, 7) is 0. The van der Waals surface area contributed by atoms with Gasteiger partial charge in [-0.3, -0.25) is 25.0 Å². The maximum atomic E-state index is 12.1. The van der Waals surface area contributed by atoms with Crippen molar-refractivity contribution in [1.29, 1.82) is 0 Å². The molecule has 0 bridgehead atoms. The largest absolute Gasteiger partial charge is 0.457 e. The first-order valence-corrected chi connectivity index (χ1v) is 9.46. The number of nitrogens with zero attached hydrogens (tertiary/aromatic N) is 1. The second-order valence-electron chi connectivity index (χ2n) is 6.53. The van der Waals surface area contributed by atoms with E-state index in [9.17, 15) is 19.7 Å². The van der Waals surface area contributed by atoms with Gasteiger partial charge in [-0.1, -0.05) is 17.8 Å². The molecular weight excluding hydrogens is 368 g/mol. The van der Waals surface area contributed by atoms with Crippen molar-refractivity contribution in [2.75, 3.05) is 0 Å². The smallest absolute Gasteiger partial charge is 0.286 e. The SMILES string of the molecule is O=C1NC(=O)C([C@@H]2CCCc3cc(Oc4ccc([N+](=O)[O-])cc4)ccc32)S1. The monoisotopic (exact) mass is 384 g/mol. The molecule has 1 aliphatic carbocycles. The molecule has 1 aliphatic heterocycles. The number of thioether (sulfide) groups is 1. The Hall–Kier alpha value is -2.87. The number of fused-ring (bicyclic) bond motifs is 1. The first kappa shape index (κ1) is 17.5. The van der Waals surface area contributed by atoms with Crippen molar-refractivity contribution in [3.8, 4) is 11.5 Å². The minimum Gasteiger partial charge on any atom is -0.457 e. The highest BCUT2D eigenvalue weighted by molar-refractivity contribution is 8.15. The van der Waals surface area contributed by atoms with Crippen molar-refractivity contribution < 1.29 is 19.2 Å². The van der Waals surface area contributed by atoms with Crippen molar-refractivity contribution in [2.45, 2.75) is 30.4 Å². The second kappa shape index (κ2) is 7.03. The molecule has 0 aromatic heterocycles. The van der Waals surface area contributed by atoms with E-state index in [1.165, 1.54) is 12.1 Å². The van der Waals surface area contributed by atoms with Crippen molar-refractivity contribution in [3.05, 3.63) is 63.7 Å². The summed E-state index contributed by atoms with van der Waals surface area (Å²) in [5.41, 5.74) is 2.20. The molecule has 2 aromatic rings. The molecule has 7 nitrogen and oxygen atoms in total. The zero-order valence-corrected chi connectivity index (χ0v) is 15.0. The molecular formula is C19H16N2O5S. The lowest BCUT2D eigenvalue weighted by Crippen LogP contribution is -2.30. The number of hydrogen-bond donors (Lipinski definition) is 1. The van der Waals surface area contributed by atoms with Gasteiger partial charge in [-0.2, -0.15) is 0 Å².